The van der Waals surface area contributed by atoms with Crippen molar-refractivity contribution in [2.75, 3.05) is 13.2 Å². The Morgan fingerprint density at radius 1 is 1.20 bits per heavy atom. The van der Waals surface area contributed by atoms with Gasteiger partial charge in [-0.05, 0) is 36.4 Å². The van der Waals surface area contributed by atoms with Crippen LogP contribution in [0, 0.1) is 0 Å². The molecule has 2 aromatic rings. The minimum atomic E-state index is -4.76. The third-order valence-corrected chi connectivity index (χ3v) is 3.40. The number of ether oxygens (including phenoxy) is 1. The van der Waals surface area contributed by atoms with Crippen LogP contribution in [0.15, 0.2) is 47.4 Å². The van der Waals surface area contributed by atoms with Crippen LogP contribution < -0.4 is 15.6 Å². The van der Waals surface area contributed by atoms with Crippen molar-refractivity contribution in [2.24, 2.45) is 0 Å². The maximum absolute atomic E-state index is 12.7. The van der Waals surface area contributed by atoms with Crippen molar-refractivity contribution in [2.45, 2.75) is 12.7 Å². The van der Waals surface area contributed by atoms with Gasteiger partial charge in [0.2, 0.25) is 5.91 Å². The number of rotatable bonds is 6. The van der Waals surface area contributed by atoms with E-state index in [9.17, 15) is 22.8 Å². The van der Waals surface area contributed by atoms with Crippen molar-refractivity contribution in [3.63, 3.8) is 0 Å². The van der Waals surface area contributed by atoms with Crippen LogP contribution in [0.5, 0.6) is 5.75 Å². The van der Waals surface area contributed by atoms with Crippen molar-refractivity contribution in [3.05, 3.63) is 63.5 Å². The van der Waals surface area contributed by atoms with E-state index < -0.39 is 29.8 Å². The maximum Gasteiger partial charge on any atom is 0.421 e. The van der Waals surface area contributed by atoms with Crippen LogP contribution in [0.4, 0.5) is 13.2 Å². The number of nitrogens with one attached hydrogen (secondary N) is 1. The van der Waals surface area contributed by atoms with Gasteiger partial charge in [0.15, 0.2) is 0 Å². The van der Waals surface area contributed by atoms with Crippen LogP contribution in [0.3, 0.4) is 0 Å². The van der Waals surface area contributed by atoms with Gasteiger partial charge in [-0.1, -0.05) is 11.6 Å². The molecular weight excluding hydrogens is 361 g/mol. The average molecular weight is 375 g/mol. The van der Waals surface area contributed by atoms with Gasteiger partial charge >= 0.3 is 6.18 Å². The van der Waals surface area contributed by atoms with Crippen molar-refractivity contribution in [1.82, 2.24) is 9.88 Å². The van der Waals surface area contributed by atoms with E-state index in [1.165, 1.54) is 0 Å². The van der Waals surface area contributed by atoms with Crippen LogP contribution in [0.1, 0.15) is 5.56 Å². The molecule has 0 unspecified atom stereocenters. The number of carbonyl (C=O) groups excluding carboxylic acids is 1. The van der Waals surface area contributed by atoms with Crippen molar-refractivity contribution < 1.29 is 22.7 Å². The number of hydrogen-bond donors (Lipinski definition) is 1. The molecule has 0 aliphatic carbocycles. The number of carbonyl (C=O) groups is 1. The third-order valence-electron chi connectivity index (χ3n) is 3.15. The van der Waals surface area contributed by atoms with E-state index in [4.69, 9.17) is 16.3 Å². The summed E-state index contributed by atoms with van der Waals surface area (Å²) in [5, 5.41) is 3.03. The van der Waals surface area contributed by atoms with Crippen LogP contribution in [0.2, 0.25) is 5.02 Å². The van der Waals surface area contributed by atoms with Gasteiger partial charge in [-0.15, -0.1) is 0 Å². The van der Waals surface area contributed by atoms with Crippen LogP contribution in [-0.4, -0.2) is 23.6 Å². The number of halogens is 4. The molecule has 5 nitrogen and oxygen atoms in total. The van der Waals surface area contributed by atoms with Crippen molar-refractivity contribution in [1.29, 1.82) is 0 Å². The third kappa shape index (κ3) is 5.53. The number of nitrogens with zero attached hydrogens (tertiary/aromatic N) is 1. The van der Waals surface area contributed by atoms with Gasteiger partial charge in [-0.3, -0.25) is 9.59 Å². The Balaban J connectivity index is 1.84. The Hall–Kier alpha value is -2.48. The Kier molecular flexibility index (Phi) is 6.08. The van der Waals surface area contributed by atoms with Crippen molar-refractivity contribution >= 4 is 17.5 Å². The summed E-state index contributed by atoms with van der Waals surface area (Å²) >= 11 is 5.73. The highest BCUT2D eigenvalue weighted by Gasteiger charge is 2.34. The number of aromatic nitrogens is 1. The second kappa shape index (κ2) is 8.06. The second-order valence-corrected chi connectivity index (χ2v) is 5.44. The minimum Gasteiger partial charge on any atom is -0.492 e. The van der Waals surface area contributed by atoms with Gasteiger partial charge in [0.05, 0.1) is 6.54 Å². The van der Waals surface area contributed by atoms with E-state index in [1.54, 1.807) is 24.3 Å². The molecule has 2 rings (SSSR count). The Morgan fingerprint density at radius 2 is 1.88 bits per heavy atom. The highest BCUT2D eigenvalue weighted by Crippen LogP contribution is 2.25. The number of hydrogen-bond acceptors (Lipinski definition) is 3. The Labute approximate surface area is 146 Å². The van der Waals surface area contributed by atoms with Gasteiger partial charge in [0.1, 0.15) is 24.5 Å². The summed E-state index contributed by atoms with van der Waals surface area (Å²) in [6.07, 6.45) is -3.63. The molecule has 1 aromatic heterocycles. The highest BCUT2D eigenvalue weighted by atomic mass is 35.5. The summed E-state index contributed by atoms with van der Waals surface area (Å²) in [5.74, 6) is -0.0334. The molecule has 1 amide bonds. The fourth-order valence-electron chi connectivity index (χ4n) is 1.98. The first-order valence-corrected chi connectivity index (χ1v) is 7.57. The maximum atomic E-state index is 12.7. The van der Waals surface area contributed by atoms with E-state index >= 15 is 0 Å². The molecular formula is C16H14ClF3N2O3. The minimum absolute atomic E-state index is 0.134. The summed E-state index contributed by atoms with van der Waals surface area (Å²) in [4.78, 5) is 23.5. The zero-order chi connectivity index (χ0) is 18.4. The van der Waals surface area contributed by atoms with Gasteiger partial charge in [0.25, 0.3) is 5.56 Å². The molecule has 0 radical (unpaired) electrons. The fraction of sp³-hybridized carbons (Fsp3) is 0.250. The number of amides is 1. The van der Waals surface area contributed by atoms with Crippen molar-refractivity contribution in [3.8, 4) is 5.75 Å². The fourth-order valence-corrected chi connectivity index (χ4v) is 2.10. The van der Waals surface area contributed by atoms with Crippen LogP contribution in [-0.2, 0) is 17.5 Å². The van der Waals surface area contributed by atoms with E-state index in [0.717, 1.165) is 12.3 Å². The molecule has 0 aliphatic heterocycles. The lowest BCUT2D eigenvalue weighted by Gasteiger charge is -2.11. The number of pyridine rings is 1. The first-order chi connectivity index (χ1) is 11.8. The average Bonchev–Trinajstić information content (AvgIpc) is 2.54. The monoisotopic (exact) mass is 374 g/mol. The molecule has 1 aromatic carbocycles. The predicted molar refractivity (Wildman–Crippen MR) is 85.7 cm³/mol. The standard InChI is InChI=1S/C16H14ClF3N2O3/c17-11-3-5-12(6-4-11)25-9-7-21-14(23)10-22-8-1-2-13(15(22)24)16(18,19)20/h1-6,8H,7,9-10H2,(H,21,23). The highest BCUT2D eigenvalue weighted by molar-refractivity contribution is 6.30. The molecule has 0 bridgehead atoms. The smallest absolute Gasteiger partial charge is 0.421 e. The summed E-state index contributed by atoms with van der Waals surface area (Å²) in [6.45, 7) is -0.219. The molecule has 0 spiro atoms. The normalized spacial score (nSPS) is 11.2. The van der Waals surface area contributed by atoms with E-state index in [0.29, 0.717) is 21.4 Å². The lowest BCUT2D eigenvalue weighted by molar-refractivity contribution is -0.139. The van der Waals surface area contributed by atoms with E-state index in [-0.39, 0.29) is 13.2 Å². The zero-order valence-corrected chi connectivity index (χ0v) is 13.6. The number of benzene rings is 1. The SMILES string of the molecule is O=C(Cn1cccc(C(F)(F)F)c1=O)NCCOc1ccc(Cl)cc1. The largest absolute Gasteiger partial charge is 0.492 e. The molecule has 0 aliphatic rings. The molecule has 0 saturated heterocycles. The summed E-state index contributed by atoms with van der Waals surface area (Å²) in [5.41, 5.74) is -2.57. The van der Waals surface area contributed by atoms with Crippen LogP contribution in [0.25, 0.3) is 0 Å². The second-order valence-electron chi connectivity index (χ2n) is 5.01. The van der Waals surface area contributed by atoms with Gasteiger partial charge < -0.3 is 14.6 Å². The van der Waals surface area contributed by atoms with E-state index in [1.807, 2.05) is 0 Å². The lowest BCUT2D eigenvalue weighted by atomic mass is 10.2. The molecule has 1 heterocycles. The quantitative estimate of drug-likeness (QED) is 0.791. The van der Waals surface area contributed by atoms with Gasteiger partial charge in [-0.2, -0.15) is 13.2 Å². The summed E-state index contributed by atoms with van der Waals surface area (Å²) in [7, 11) is 0. The molecule has 0 atom stereocenters. The first-order valence-electron chi connectivity index (χ1n) is 7.19. The van der Waals surface area contributed by atoms with Gasteiger partial charge in [-0.25, -0.2) is 0 Å². The zero-order valence-electron chi connectivity index (χ0n) is 12.8. The summed E-state index contributed by atoms with van der Waals surface area (Å²) in [6, 6.07) is 8.36. The molecule has 9 heteroatoms. The molecule has 25 heavy (non-hydrogen) atoms. The van der Waals surface area contributed by atoms with Gasteiger partial charge in [0, 0.05) is 11.2 Å². The Bertz CT molecular complexity index is 788. The first kappa shape index (κ1) is 18.9. The predicted octanol–water partition coefficient (Wildman–Crippen LogP) is 2.72. The summed E-state index contributed by atoms with van der Waals surface area (Å²) < 4.78 is 44.1. The lowest BCUT2D eigenvalue weighted by Crippen LogP contribution is -2.36. The number of alkyl halides is 3. The molecule has 1 N–H and O–H groups in total. The molecule has 0 fully saturated rings. The van der Waals surface area contributed by atoms with Crippen LogP contribution >= 0.6 is 11.6 Å². The Morgan fingerprint density at radius 3 is 2.52 bits per heavy atom. The molecule has 0 saturated carbocycles. The topological polar surface area (TPSA) is 60.3 Å². The molecule has 134 valence electrons. The van der Waals surface area contributed by atoms with E-state index in [2.05, 4.69) is 5.32 Å².